The van der Waals surface area contributed by atoms with Gasteiger partial charge in [0.2, 0.25) is 0 Å². The Morgan fingerprint density at radius 2 is 1.88 bits per heavy atom. The highest BCUT2D eigenvalue weighted by Crippen LogP contribution is 2.28. The Morgan fingerprint density at radius 1 is 1.19 bits per heavy atom. The summed E-state index contributed by atoms with van der Waals surface area (Å²) in [6.07, 6.45) is 9.02. The fourth-order valence-corrected chi connectivity index (χ4v) is 2.56. The Kier molecular flexibility index (Phi) is 4.42. The lowest BCUT2D eigenvalue weighted by Crippen LogP contribution is -2.30. The standard InChI is InChI=1S/C14H24O2/c1-11-3-5-13(6-4-11)7-8-14-9-15-12(2)16-10-14/h3,12-14H,4-10H2,1-2H3. The minimum atomic E-state index is 0.0107. The molecule has 0 spiro atoms. The monoisotopic (exact) mass is 224 g/mol. The maximum Gasteiger partial charge on any atom is 0.154 e. The smallest absolute Gasteiger partial charge is 0.154 e. The van der Waals surface area contributed by atoms with Crippen molar-refractivity contribution in [1.82, 2.24) is 0 Å². The summed E-state index contributed by atoms with van der Waals surface area (Å²) >= 11 is 0. The quantitative estimate of drug-likeness (QED) is 0.683. The fourth-order valence-electron chi connectivity index (χ4n) is 2.56. The number of allylic oxidation sites excluding steroid dienone is 2. The van der Waals surface area contributed by atoms with E-state index < -0.39 is 0 Å². The summed E-state index contributed by atoms with van der Waals surface area (Å²) in [5.74, 6) is 1.53. The van der Waals surface area contributed by atoms with E-state index in [1.54, 1.807) is 5.57 Å². The van der Waals surface area contributed by atoms with Crippen LogP contribution in [0.15, 0.2) is 11.6 Å². The van der Waals surface area contributed by atoms with Crippen molar-refractivity contribution in [2.45, 2.75) is 52.2 Å². The second-order valence-electron chi connectivity index (χ2n) is 5.37. The Hall–Kier alpha value is -0.340. The first-order valence-corrected chi connectivity index (χ1v) is 6.63. The molecule has 0 radical (unpaired) electrons. The van der Waals surface area contributed by atoms with Gasteiger partial charge in [-0.1, -0.05) is 11.6 Å². The van der Waals surface area contributed by atoms with Crippen LogP contribution in [0.25, 0.3) is 0 Å². The highest BCUT2D eigenvalue weighted by molar-refractivity contribution is 5.02. The van der Waals surface area contributed by atoms with Gasteiger partial charge in [0.25, 0.3) is 0 Å². The predicted molar refractivity (Wildman–Crippen MR) is 65.2 cm³/mol. The molecule has 16 heavy (non-hydrogen) atoms. The van der Waals surface area contributed by atoms with Crippen LogP contribution in [0.2, 0.25) is 0 Å². The molecule has 92 valence electrons. The Morgan fingerprint density at radius 3 is 2.50 bits per heavy atom. The van der Waals surface area contributed by atoms with Crippen LogP contribution in [0.3, 0.4) is 0 Å². The number of rotatable bonds is 3. The zero-order valence-corrected chi connectivity index (χ0v) is 10.6. The van der Waals surface area contributed by atoms with Gasteiger partial charge in [-0.3, -0.25) is 0 Å². The third-order valence-corrected chi connectivity index (χ3v) is 3.86. The molecule has 1 unspecified atom stereocenters. The molecular formula is C14H24O2. The largest absolute Gasteiger partial charge is 0.353 e. The van der Waals surface area contributed by atoms with Gasteiger partial charge in [-0.2, -0.15) is 0 Å². The van der Waals surface area contributed by atoms with Crippen LogP contribution in [-0.4, -0.2) is 19.5 Å². The zero-order chi connectivity index (χ0) is 11.4. The summed E-state index contributed by atoms with van der Waals surface area (Å²) in [7, 11) is 0. The molecule has 0 saturated carbocycles. The molecule has 2 nitrogen and oxygen atoms in total. The van der Waals surface area contributed by atoms with Crippen molar-refractivity contribution in [3.05, 3.63) is 11.6 Å². The molecule has 1 fully saturated rings. The SMILES string of the molecule is CC1=CCC(CCC2COC(C)OC2)CC1. The Bertz CT molecular complexity index is 239. The van der Waals surface area contributed by atoms with E-state index in [1.807, 2.05) is 6.92 Å². The van der Waals surface area contributed by atoms with Crippen molar-refractivity contribution >= 4 is 0 Å². The molecule has 0 aromatic heterocycles. The highest BCUT2D eigenvalue weighted by atomic mass is 16.7. The third kappa shape index (κ3) is 3.60. The molecule has 0 aromatic carbocycles. The average Bonchev–Trinajstić information content (AvgIpc) is 2.30. The molecule has 1 heterocycles. The molecule has 1 aliphatic carbocycles. The van der Waals surface area contributed by atoms with Gasteiger partial charge in [0.1, 0.15) is 0 Å². The van der Waals surface area contributed by atoms with Crippen molar-refractivity contribution in [3.8, 4) is 0 Å². The van der Waals surface area contributed by atoms with Crippen LogP contribution in [0.5, 0.6) is 0 Å². The van der Waals surface area contributed by atoms with E-state index in [0.717, 1.165) is 19.1 Å². The van der Waals surface area contributed by atoms with Gasteiger partial charge in [-0.05, 0) is 51.9 Å². The molecule has 0 N–H and O–H groups in total. The molecule has 1 saturated heterocycles. The maximum atomic E-state index is 5.51. The number of hydrogen-bond donors (Lipinski definition) is 0. The lowest BCUT2D eigenvalue weighted by Gasteiger charge is -2.29. The van der Waals surface area contributed by atoms with Crippen LogP contribution < -0.4 is 0 Å². The van der Waals surface area contributed by atoms with Crippen molar-refractivity contribution in [2.75, 3.05) is 13.2 Å². The highest BCUT2D eigenvalue weighted by Gasteiger charge is 2.20. The van der Waals surface area contributed by atoms with E-state index in [2.05, 4.69) is 13.0 Å². The van der Waals surface area contributed by atoms with Gasteiger partial charge >= 0.3 is 0 Å². The predicted octanol–water partition coefficient (Wildman–Crippen LogP) is 3.52. The van der Waals surface area contributed by atoms with Crippen LogP contribution in [0.4, 0.5) is 0 Å². The topological polar surface area (TPSA) is 18.5 Å². The van der Waals surface area contributed by atoms with E-state index >= 15 is 0 Å². The molecular weight excluding hydrogens is 200 g/mol. The van der Waals surface area contributed by atoms with Crippen molar-refractivity contribution in [1.29, 1.82) is 0 Å². The van der Waals surface area contributed by atoms with Gasteiger partial charge in [0.15, 0.2) is 6.29 Å². The van der Waals surface area contributed by atoms with Crippen LogP contribution in [-0.2, 0) is 9.47 Å². The third-order valence-electron chi connectivity index (χ3n) is 3.86. The van der Waals surface area contributed by atoms with E-state index in [-0.39, 0.29) is 6.29 Å². The van der Waals surface area contributed by atoms with Crippen molar-refractivity contribution in [2.24, 2.45) is 11.8 Å². The summed E-state index contributed by atoms with van der Waals surface area (Å²) < 4.78 is 11.0. The van der Waals surface area contributed by atoms with Crippen molar-refractivity contribution < 1.29 is 9.47 Å². The van der Waals surface area contributed by atoms with Crippen molar-refractivity contribution in [3.63, 3.8) is 0 Å². The first-order chi connectivity index (χ1) is 7.74. The number of hydrogen-bond acceptors (Lipinski definition) is 2. The summed E-state index contributed by atoms with van der Waals surface area (Å²) in [5.41, 5.74) is 1.58. The second kappa shape index (κ2) is 5.83. The normalized spacial score (nSPS) is 35.9. The first-order valence-electron chi connectivity index (χ1n) is 6.63. The number of ether oxygens (including phenoxy) is 2. The molecule has 2 rings (SSSR count). The summed E-state index contributed by atoms with van der Waals surface area (Å²) in [6.45, 7) is 6.01. The first kappa shape index (κ1) is 12.1. The zero-order valence-electron chi connectivity index (χ0n) is 10.6. The van der Waals surface area contributed by atoms with Crippen LogP contribution in [0.1, 0.15) is 46.0 Å². The lowest BCUT2D eigenvalue weighted by molar-refractivity contribution is -0.191. The molecule has 1 aliphatic heterocycles. The lowest BCUT2D eigenvalue weighted by atomic mass is 9.85. The minimum absolute atomic E-state index is 0.0107. The molecule has 0 bridgehead atoms. The summed E-state index contributed by atoms with van der Waals surface area (Å²) in [5, 5.41) is 0. The maximum absolute atomic E-state index is 5.51. The molecule has 2 heteroatoms. The minimum Gasteiger partial charge on any atom is -0.353 e. The van der Waals surface area contributed by atoms with E-state index in [4.69, 9.17) is 9.47 Å². The molecule has 0 aromatic rings. The molecule has 1 atom stereocenters. The van der Waals surface area contributed by atoms with Gasteiger partial charge in [0.05, 0.1) is 13.2 Å². The second-order valence-corrected chi connectivity index (χ2v) is 5.37. The van der Waals surface area contributed by atoms with Gasteiger partial charge < -0.3 is 9.47 Å². The van der Waals surface area contributed by atoms with Crippen LogP contribution in [0, 0.1) is 11.8 Å². The Balaban J connectivity index is 1.64. The van der Waals surface area contributed by atoms with Gasteiger partial charge in [-0.15, -0.1) is 0 Å². The van der Waals surface area contributed by atoms with E-state index in [0.29, 0.717) is 5.92 Å². The van der Waals surface area contributed by atoms with E-state index in [9.17, 15) is 0 Å². The summed E-state index contributed by atoms with van der Waals surface area (Å²) in [4.78, 5) is 0. The van der Waals surface area contributed by atoms with E-state index in [1.165, 1.54) is 32.1 Å². The summed E-state index contributed by atoms with van der Waals surface area (Å²) in [6, 6.07) is 0. The Labute approximate surface area is 99.0 Å². The molecule has 2 aliphatic rings. The van der Waals surface area contributed by atoms with Gasteiger partial charge in [-0.25, -0.2) is 0 Å². The molecule has 0 amide bonds. The van der Waals surface area contributed by atoms with Gasteiger partial charge in [0, 0.05) is 5.92 Å². The average molecular weight is 224 g/mol. The fraction of sp³-hybridized carbons (Fsp3) is 0.857. The van der Waals surface area contributed by atoms with Crippen LogP contribution >= 0.6 is 0 Å².